The van der Waals surface area contributed by atoms with Crippen molar-refractivity contribution in [2.45, 2.75) is 176 Å². The van der Waals surface area contributed by atoms with E-state index in [2.05, 4.69) is 125 Å². The van der Waals surface area contributed by atoms with E-state index in [9.17, 15) is 0 Å². The van der Waals surface area contributed by atoms with Crippen molar-refractivity contribution < 1.29 is 4.79 Å². The van der Waals surface area contributed by atoms with E-state index in [0.29, 0.717) is 5.78 Å². The first-order chi connectivity index (χ1) is 16.1. The Morgan fingerprint density at radius 3 is 0.639 bits per heavy atom. The Kier molecular flexibility index (Phi) is 11.3. The Morgan fingerprint density at radius 1 is 0.361 bits per heavy atom. The average molecular weight is 507 g/mol. The Hall–Kier alpha value is -0.330. The average Bonchev–Trinajstić information content (AvgIpc) is 2.83. The van der Waals surface area contributed by atoms with E-state index >= 15 is 4.79 Å². The first-order valence-corrected chi connectivity index (χ1v) is 15.7. The van der Waals surface area contributed by atoms with E-state index in [1.807, 2.05) is 0 Å². The van der Waals surface area contributed by atoms with Gasteiger partial charge in [-0.05, 0) is 83.9 Å². The number of Topliss-reactive ketones (excluding diaryl/α,β-unsaturated/α-hetero) is 1. The molecule has 216 valence electrons. The molecule has 0 aliphatic rings. The molecule has 0 aromatic carbocycles. The Bertz CT molecular complexity index is 617. The zero-order valence-corrected chi connectivity index (χ0v) is 28.6. The third-order valence-corrected chi connectivity index (χ3v) is 13.2. The minimum absolute atomic E-state index is 0.107. The standard InChI is InChI=1S/C35H70O/c1-19-28(9,10)34(29(11,12)20-2,32(17,23-5)24-6)27(36)35(30(13,14)21-3,31(15,16)22-4)33(18,25-7)26-8/h19-26H2,1-18H3. The van der Waals surface area contributed by atoms with Crippen LogP contribution in [0.25, 0.3) is 0 Å². The van der Waals surface area contributed by atoms with Crippen LogP contribution >= 0.6 is 0 Å². The molecule has 0 atom stereocenters. The van der Waals surface area contributed by atoms with E-state index in [0.717, 1.165) is 51.4 Å². The molecule has 0 bridgehead atoms. The van der Waals surface area contributed by atoms with Crippen LogP contribution in [-0.2, 0) is 4.79 Å². The van der Waals surface area contributed by atoms with Crippen LogP contribution < -0.4 is 0 Å². The minimum atomic E-state index is -0.482. The largest absolute Gasteiger partial charge is 0.298 e. The molecule has 1 nitrogen and oxygen atoms in total. The summed E-state index contributed by atoms with van der Waals surface area (Å²) in [6.07, 6.45) is 8.09. The maximum absolute atomic E-state index is 16.6. The van der Waals surface area contributed by atoms with Crippen LogP contribution in [0, 0.1) is 43.3 Å². The van der Waals surface area contributed by atoms with Crippen molar-refractivity contribution in [3.63, 3.8) is 0 Å². The van der Waals surface area contributed by atoms with Crippen LogP contribution in [0.5, 0.6) is 0 Å². The third-order valence-electron chi connectivity index (χ3n) is 13.2. The molecule has 0 unspecified atom stereocenters. The lowest BCUT2D eigenvalue weighted by Gasteiger charge is -2.72. The summed E-state index contributed by atoms with van der Waals surface area (Å²) in [4.78, 5) is 16.6. The molecule has 0 fully saturated rings. The molecular weight excluding hydrogens is 436 g/mol. The van der Waals surface area contributed by atoms with Crippen molar-refractivity contribution in [2.75, 3.05) is 0 Å². The summed E-state index contributed by atoms with van der Waals surface area (Å²) >= 11 is 0. The van der Waals surface area contributed by atoms with Crippen molar-refractivity contribution in [2.24, 2.45) is 43.3 Å². The number of ketones is 1. The van der Waals surface area contributed by atoms with Gasteiger partial charge in [-0.15, -0.1) is 0 Å². The van der Waals surface area contributed by atoms with Gasteiger partial charge in [0, 0.05) is 10.8 Å². The molecule has 0 aliphatic heterocycles. The molecule has 0 aliphatic carbocycles. The van der Waals surface area contributed by atoms with E-state index < -0.39 is 10.8 Å². The van der Waals surface area contributed by atoms with Crippen molar-refractivity contribution in [1.82, 2.24) is 0 Å². The molecular formula is C35H70O. The lowest BCUT2D eigenvalue weighted by Crippen LogP contribution is -2.73. The number of carbonyl (C=O) groups excluding carboxylic acids is 1. The summed E-state index contributed by atoms with van der Waals surface area (Å²) < 4.78 is 0. The van der Waals surface area contributed by atoms with Gasteiger partial charge in [0.15, 0.2) is 0 Å². The predicted octanol–water partition coefficient (Wildman–Crippen LogP) is 11.9. The molecule has 1 heteroatoms. The van der Waals surface area contributed by atoms with Gasteiger partial charge in [-0.1, -0.05) is 125 Å². The van der Waals surface area contributed by atoms with Crippen molar-refractivity contribution in [1.29, 1.82) is 0 Å². The highest BCUT2D eigenvalue weighted by Crippen LogP contribution is 2.75. The fraction of sp³-hybridized carbons (Fsp3) is 0.971. The van der Waals surface area contributed by atoms with Crippen LogP contribution in [0.4, 0.5) is 0 Å². The number of hydrogen-bond donors (Lipinski definition) is 0. The summed E-state index contributed by atoms with van der Waals surface area (Å²) in [5.41, 5.74) is -1.77. The molecule has 0 radical (unpaired) electrons. The lowest BCUT2D eigenvalue weighted by molar-refractivity contribution is -0.229. The third kappa shape index (κ3) is 4.47. The second-order valence-corrected chi connectivity index (χ2v) is 15.3. The monoisotopic (exact) mass is 507 g/mol. The molecule has 0 N–H and O–H groups in total. The first-order valence-electron chi connectivity index (χ1n) is 15.7. The van der Waals surface area contributed by atoms with Gasteiger partial charge >= 0.3 is 0 Å². The van der Waals surface area contributed by atoms with Crippen LogP contribution in [-0.4, -0.2) is 5.78 Å². The molecule has 0 amide bonds. The van der Waals surface area contributed by atoms with Crippen LogP contribution in [0.1, 0.15) is 176 Å². The smallest absolute Gasteiger partial charge is 0.148 e. The van der Waals surface area contributed by atoms with Crippen molar-refractivity contribution in [3.8, 4) is 0 Å². The highest BCUT2D eigenvalue weighted by Gasteiger charge is 2.75. The maximum Gasteiger partial charge on any atom is 0.148 e. The maximum atomic E-state index is 16.6. The molecule has 0 aromatic rings. The predicted molar refractivity (Wildman–Crippen MR) is 164 cm³/mol. The highest BCUT2D eigenvalue weighted by atomic mass is 16.1. The fourth-order valence-electron chi connectivity index (χ4n) is 9.78. The summed E-state index contributed by atoms with van der Waals surface area (Å²) in [6.45, 7) is 43.1. The Labute approximate surface area is 229 Å². The normalized spacial score (nSPS) is 15.4. The van der Waals surface area contributed by atoms with Gasteiger partial charge in [-0.3, -0.25) is 4.79 Å². The number of carbonyl (C=O) groups is 1. The number of rotatable bonds is 16. The van der Waals surface area contributed by atoms with Gasteiger partial charge in [0.1, 0.15) is 5.78 Å². The first kappa shape index (κ1) is 35.7. The Balaban J connectivity index is 8.83. The topological polar surface area (TPSA) is 17.1 Å². The van der Waals surface area contributed by atoms with Gasteiger partial charge in [0.2, 0.25) is 0 Å². The second-order valence-electron chi connectivity index (χ2n) is 15.3. The summed E-state index contributed by atoms with van der Waals surface area (Å²) in [6, 6.07) is 0. The molecule has 0 saturated heterocycles. The summed E-state index contributed by atoms with van der Waals surface area (Å²) in [7, 11) is 0. The van der Waals surface area contributed by atoms with Crippen LogP contribution in [0.3, 0.4) is 0 Å². The summed E-state index contributed by atoms with van der Waals surface area (Å²) in [5.74, 6) is 0.588. The van der Waals surface area contributed by atoms with Gasteiger partial charge in [-0.2, -0.15) is 0 Å². The molecule has 0 spiro atoms. The van der Waals surface area contributed by atoms with Gasteiger partial charge in [-0.25, -0.2) is 0 Å². The lowest BCUT2D eigenvalue weighted by atomic mass is 9.30. The van der Waals surface area contributed by atoms with Gasteiger partial charge < -0.3 is 0 Å². The molecule has 0 rings (SSSR count). The van der Waals surface area contributed by atoms with Crippen LogP contribution in [0.15, 0.2) is 0 Å². The second kappa shape index (κ2) is 11.4. The molecule has 0 aromatic heterocycles. The Morgan fingerprint density at radius 2 is 0.528 bits per heavy atom. The zero-order valence-electron chi connectivity index (χ0n) is 28.6. The minimum Gasteiger partial charge on any atom is -0.298 e. The van der Waals surface area contributed by atoms with E-state index in [1.165, 1.54) is 0 Å². The zero-order chi connectivity index (χ0) is 29.2. The van der Waals surface area contributed by atoms with Gasteiger partial charge in [0.05, 0.1) is 0 Å². The highest BCUT2D eigenvalue weighted by molar-refractivity contribution is 5.95. The SMILES string of the molecule is CCC(C)(C)C(C(=O)C(C(C)(C)CC)(C(C)(C)CC)C(C)(CC)CC)(C(C)(C)CC)C(C)(CC)CC. The van der Waals surface area contributed by atoms with Gasteiger partial charge in [0.25, 0.3) is 0 Å². The quantitative estimate of drug-likeness (QED) is 0.203. The van der Waals surface area contributed by atoms with E-state index in [1.54, 1.807) is 0 Å². The molecule has 0 heterocycles. The van der Waals surface area contributed by atoms with E-state index in [-0.39, 0.29) is 32.5 Å². The van der Waals surface area contributed by atoms with Crippen LogP contribution in [0.2, 0.25) is 0 Å². The summed E-state index contributed by atoms with van der Waals surface area (Å²) in [5, 5.41) is 0. The van der Waals surface area contributed by atoms with Crippen molar-refractivity contribution >= 4 is 5.78 Å². The number of hydrogen-bond acceptors (Lipinski definition) is 1. The molecule has 36 heavy (non-hydrogen) atoms. The molecule has 0 saturated carbocycles. The van der Waals surface area contributed by atoms with Crippen molar-refractivity contribution in [3.05, 3.63) is 0 Å². The van der Waals surface area contributed by atoms with E-state index in [4.69, 9.17) is 0 Å². The fourth-order valence-corrected chi connectivity index (χ4v) is 9.78.